The van der Waals surface area contributed by atoms with Gasteiger partial charge in [0.15, 0.2) is 0 Å². The number of hydrogen-bond donors (Lipinski definition) is 0. The lowest BCUT2D eigenvalue weighted by atomic mass is 9.99. The molecule has 0 aliphatic heterocycles. The summed E-state index contributed by atoms with van der Waals surface area (Å²) in [6.45, 7) is 2.95. The minimum absolute atomic E-state index is 0.413. The van der Waals surface area contributed by atoms with E-state index in [2.05, 4.69) is 129 Å². The van der Waals surface area contributed by atoms with Crippen molar-refractivity contribution in [1.29, 1.82) is 0 Å². The Kier molecular flexibility index (Phi) is 16.6. The topological polar surface area (TPSA) is 153 Å². The largest absolute Gasteiger partial charge is 0.491 e. The van der Waals surface area contributed by atoms with Crippen LogP contribution in [-0.2, 0) is 14.2 Å². The minimum Gasteiger partial charge on any atom is -0.491 e. The molecule has 0 N–H and O–H groups in total. The van der Waals surface area contributed by atoms with Crippen LogP contribution in [0.15, 0.2) is 243 Å². The van der Waals surface area contributed by atoms with Gasteiger partial charge in [0.25, 0.3) is 0 Å². The van der Waals surface area contributed by atoms with E-state index in [9.17, 15) is 0 Å². The van der Waals surface area contributed by atoms with Crippen molar-refractivity contribution in [3.05, 3.63) is 243 Å². The molecule has 83 heavy (non-hydrogen) atoms. The number of pyridine rings is 9. The molecule has 0 fully saturated rings. The van der Waals surface area contributed by atoms with E-state index in [4.69, 9.17) is 43.9 Å². The molecule has 12 aromatic rings. The van der Waals surface area contributed by atoms with Gasteiger partial charge in [0.05, 0.1) is 101 Å². The predicted octanol–water partition coefficient (Wildman–Crippen LogP) is 14.6. The molecule has 9 aromatic heterocycles. The van der Waals surface area contributed by atoms with Crippen LogP contribution in [-0.4, -0.2) is 91.6 Å². The van der Waals surface area contributed by atoms with E-state index in [-0.39, 0.29) is 0 Å². The number of rotatable bonds is 21. The van der Waals surface area contributed by atoms with Crippen LogP contribution in [0.2, 0.25) is 0 Å². The summed E-state index contributed by atoms with van der Waals surface area (Å²) in [6.07, 6.45) is 10.9. The number of benzene rings is 3. The molecule has 0 aliphatic carbocycles. The summed E-state index contributed by atoms with van der Waals surface area (Å²) in [4.78, 5) is 43.5. The molecule has 0 saturated carbocycles. The molecule has 13 heteroatoms. The second kappa shape index (κ2) is 25.9. The molecule has 0 saturated heterocycles. The molecule has 0 amide bonds. The number of aromatic nitrogens is 9. The number of nitrogens with zero attached hydrogens (tertiary/aromatic N) is 9. The van der Waals surface area contributed by atoms with Gasteiger partial charge in [-0.15, -0.1) is 0 Å². The molecule has 13 nitrogen and oxygen atoms in total. The first-order chi connectivity index (χ1) is 41.1. The van der Waals surface area contributed by atoms with E-state index >= 15 is 0 Å². The summed E-state index contributed by atoms with van der Waals surface area (Å²) in [5, 5.41) is 0. The number of hydrogen-bond acceptors (Lipinski definition) is 13. The Hall–Kier alpha value is -10.3. The third kappa shape index (κ3) is 13.2. The van der Waals surface area contributed by atoms with Gasteiger partial charge in [-0.3, -0.25) is 29.9 Å². The molecule has 0 aliphatic rings. The summed E-state index contributed by atoms with van der Waals surface area (Å²) in [6, 6.07) is 69.1. The van der Waals surface area contributed by atoms with Crippen molar-refractivity contribution < 1.29 is 18.9 Å². The van der Waals surface area contributed by atoms with Gasteiger partial charge >= 0.3 is 0 Å². The first-order valence-corrected chi connectivity index (χ1v) is 27.3. The molecule has 0 atom stereocenters. The normalized spacial score (nSPS) is 11.1. The fourth-order valence-electron chi connectivity index (χ4n) is 9.50. The first-order valence-electron chi connectivity index (χ1n) is 27.3. The third-order valence-corrected chi connectivity index (χ3v) is 13.8. The average Bonchev–Trinajstić information content (AvgIpc) is 3.76. The maximum absolute atomic E-state index is 6.03. The van der Waals surface area contributed by atoms with Crippen LogP contribution >= 0.6 is 0 Å². The summed E-state index contributed by atoms with van der Waals surface area (Å²) in [7, 11) is 1.65. The number of ether oxygens (including phenoxy) is 4. The predicted molar refractivity (Wildman–Crippen MR) is 325 cm³/mol. The first kappa shape index (κ1) is 53.3. The van der Waals surface area contributed by atoms with Crippen LogP contribution in [0.5, 0.6) is 5.75 Å². The Morgan fingerprint density at radius 3 is 0.843 bits per heavy atom. The van der Waals surface area contributed by atoms with Gasteiger partial charge in [0, 0.05) is 55.4 Å². The van der Waals surface area contributed by atoms with Crippen LogP contribution < -0.4 is 4.74 Å². The van der Waals surface area contributed by atoms with E-state index in [1.165, 1.54) is 0 Å². The van der Waals surface area contributed by atoms with Crippen molar-refractivity contribution in [1.82, 2.24) is 44.9 Å². The van der Waals surface area contributed by atoms with Crippen molar-refractivity contribution in [2.24, 2.45) is 0 Å². The standard InChI is InChI=1S/C70H55N9O4/c1-80-34-35-81-36-37-82-38-39-83-58-26-22-52(23-27-58)57-44-69(63-28-24-53(46-75-63)48-14-18-50(19-15-48)55-40-65(59-10-2-6-30-71-59)77-66(41-55)60-11-3-7-31-72-60)79-70(45-57)64-29-25-54(47-76-64)49-16-20-51(21-17-49)56-42-67(61-12-4-8-32-73-61)78-68(43-56)62-13-5-9-33-74-62/h2-33,40-47H,34-39H2,1H3. The molecule has 0 spiro atoms. The summed E-state index contributed by atoms with van der Waals surface area (Å²) in [5.74, 6) is 0.743. The molecule has 0 bridgehead atoms. The second-order valence-electron chi connectivity index (χ2n) is 19.3. The second-order valence-corrected chi connectivity index (χ2v) is 19.3. The maximum atomic E-state index is 6.03. The Bertz CT molecular complexity index is 3700. The highest BCUT2D eigenvalue weighted by molar-refractivity contribution is 5.80. The lowest BCUT2D eigenvalue weighted by Crippen LogP contribution is -2.12. The summed E-state index contributed by atoms with van der Waals surface area (Å²) < 4.78 is 22.2. The summed E-state index contributed by atoms with van der Waals surface area (Å²) in [5.41, 5.74) is 19.2. The van der Waals surface area contributed by atoms with Crippen LogP contribution in [0, 0.1) is 0 Å². The van der Waals surface area contributed by atoms with Crippen LogP contribution in [0.3, 0.4) is 0 Å². The fraction of sp³-hybridized carbons (Fsp3) is 0.100. The lowest BCUT2D eigenvalue weighted by Gasteiger charge is -2.12. The SMILES string of the molecule is COCCOCCOCCOc1ccc(-c2cc(-c3ccc(-c4ccc(-c5cc(-c6ccccn6)nc(-c6ccccn6)c5)cc4)cn3)nc(-c3ccc(-c4ccc(-c5cc(-c6ccccn6)nc(-c6ccccn6)c5)cc4)cn3)c2)cc1. The molecule has 404 valence electrons. The molecule has 0 unspecified atom stereocenters. The fourth-order valence-corrected chi connectivity index (χ4v) is 9.50. The number of methoxy groups -OCH3 is 1. The quantitative estimate of drug-likeness (QED) is 0.0628. The Labute approximate surface area is 481 Å². The van der Waals surface area contributed by atoms with E-state index in [0.717, 1.165) is 118 Å². The van der Waals surface area contributed by atoms with Gasteiger partial charge < -0.3 is 18.9 Å². The molecule has 3 aromatic carbocycles. The Balaban J connectivity index is 0.805. The zero-order chi connectivity index (χ0) is 56.0. The highest BCUT2D eigenvalue weighted by Gasteiger charge is 2.16. The molecule has 0 radical (unpaired) electrons. The van der Waals surface area contributed by atoms with Gasteiger partial charge in [-0.05, 0) is 154 Å². The van der Waals surface area contributed by atoms with Gasteiger partial charge in [0.1, 0.15) is 12.4 Å². The van der Waals surface area contributed by atoms with Crippen molar-refractivity contribution in [3.8, 4) is 130 Å². The zero-order valence-corrected chi connectivity index (χ0v) is 45.5. The van der Waals surface area contributed by atoms with Gasteiger partial charge in [-0.2, -0.15) is 0 Å². The van der Waals surface area contributed by atoms with E-state index in [0.29, 0.717) is 51.0 Å². The minimum atomic E-state index is 0.413. The van der Waals surface area contributed by atoms with E-state index in [1.54, 1.807) is 31.9 Å². The zero-order valence-electron chi connectivity index (χ0n) is 45.5. The maximum Gasteiger partial charge on any atom is 0.119 e. The Morgan fingerprint density at radius 2 is 0.542 bits per heavy atom. The van der Waals surface area contributed by atoms with Gasteiger partial charge in [-0.1, -0.05) is 97.1 Å². The smallest absolute Gasteiger partial charge is 0.119 e. The third-order valence-electron chi connectivity index (χ3n) is 13.8. The molecule has 9 heterocycles. The lowest BCUT2D eigenvalue weighted by molar-refractivity contribution is 0.0180. The van der Waals surface area contributed by atoms with Crippen molar-refractivity contribution in [2.45, 2.75) is 0 Å². The Morgan fingerprint density at radius 1 is 0.253 bits per heavy atom. The van der Waals surface area contributed by atoms with Crippen LogP contribution in [0.1, 0.15) is 0 Å². The average molecular weight is 1090 g/mol. The summed E-state index contributed by atoms with van der Waals surface area (Å²) >= 11 is 0. The molecule has 12 rings (SSSR count). The van der Waals surface area contributed by atoms with Crippen LogP contribution in [0.25, 0.3) is 124 Å². The van der Waals surface area contributed by atoms with Crippen LogP contribution in [0.4, 0.5) is 0 Å². The van der Waals surface area contributed by atoms with Gasteiger partial charge in [0.2, 0.25) is 0 Å². The highest BCUT2D eigenvalue weighted by atomic mass is 16.6. The van der Waals surface area contributed by atoms with Crippen molar-refractivity contribution in [3.63, 3.8) is 0 Å². The van der Waals surface area contributed by atoms with Gasteiger partial charge in [-0.25, -0.2) is 15.0 Å². The molecular formula is C70H55N9O4. The van der Waals surface area contributed by atoms with E-state index < -0.39 is 0 Å². The molecular weight excluding hydrogens is 1030 g/mol. The van der Waals surface area contributed by atoms with Crippen molar-refractivity contribution >= 4 is 0 Å². The monoisotopic (exact) mass is 1090 g/mol. The van der Waals surface area contributed by atoms with Crippen molar-refractivity contribution in [2.75, 3.05) is 46.8 Å². The highest BCUT2D eigenvalue weighted by Crippen LogP contribution is 2.35. The van der Waals surface area contributed by atoms with E-state index in [1.807, 2.05) is 109 Å².